The standard InChI is InChI=1S/C6H13NO2.BH2O2/c1-3-4(2)5(7)6(8)9;2-1-3/h4-5H,3,7H2,1-2H3,(H,8,9);2-3H. The van der Waals surface area contributed by atoms with Crippen LogP contribution in [0.15, 0.2) is 0 Å². The number of nitrogens with two attached hydrogens (primary N) is 1. The summed E-state index contributed by atoms with van der Waals surface area (Å²) in [7, 11) is 0. The van der Waals surface area contributed by atoms with Gasteiger partial charge in [0.05, 0.1) is 0 Å². The Morgan fingerprint density at radius 2 is 1.92 bits per heavy atom. The molecule has 6 heteroatoms. The zero-order chi connectivity index (χ0) is 10.1. The van der Waals surface area contributed by atoms with Crippen molar-refractivity contribution in [2.24, 2.45) is 11.7 Å². The lowest BCUT2D eigenvalue weighted by Crippen LogP contribution is -2.36. The van der Waals surface area contributed by atoms with E-state index in [1.165, 1.54) is 0 Å². The van der Waals surface area contributed by atoms with E-state index in [1.807, 2.05) is 13.8 Å². The summed E-state index contributed by atoms with van der Waals surface area (Å²) in [6.07, 6.45) is 0.813. The molecule has 0 spiro atoms. The maximum atomic E-state index is 10.2. The first-order valence-corrected chi connectivity index (χ1v) is 3.59. The van der Waals surface area contributed by atoms with E-state index in [0.717, 1.165) is 6.42 Å². The number of carboxylic acids is 1. The van der Waals surface area contributed by atoms with Crippen LogP contribution in [0.3, 0.4) is 0 Å². The van der Waals surface area contributed by atoms with E-state index < -0.39 is 12.0 Å². The Kier molecular flexibility index (Phi) is 9.91. The number of hydrogen-bond acceptors (Lipinski definition) is 4. The molecule has 0 aromatic heterocycles. The molecular formula is C6H15BNO4. The van der Waals surface area contributed by atoms with E-state index in [2.05, 4.69) is 0 Å². The van der Waals surface area contributed by atoms with Gasteiger partial charge in [-0.25, -0.2) is 0 Å². The Bertz CT molecular complexity index is 122. The van der Waals surface area contributed by atoms with E-state index in [1.54, 1.807) is 0 Å². The third kappa shape index (κ3) is 7.52. The first-order chi connectivity index (χ1) is 5.51. The molecule has 12 heavy (non-hydrogen) atoms. The summed E-state index contributed by atoms with van der Waals surface area (Å²) >= 11 is 0. The quantitative estimate of drug-likeness (QED) is 0.410. The fraction of sp³-hybridized carbons (Fsp3) is 0.833. The number of carboxylic acid groups (broad SMARTS) is 1. The van der Waals surface area contributed by atoms with E-state index in [-0.39, 0.29) is 13.6 Å². The Labute approximate surface area is 72.5 Å². The zero-order valence-corrected chi connectivity index (χ0v) is 7.27. The number of hydrogen-bond donors (Lipinski definition) is 4. The molecule has 71 valence electrons. The normalized spacial score (nSPS) is 13.8. The Morgan fingerprint density at radius 1 is 1.58 bits per heavy atom. The lowest BCUT2D eigenvalue weighted by molar-refractivity contribution is -0.139. The van der Waals surface area contributed by atoms with Crippen molar-refractivity contribution in [2.45, 2.75) is 26.3 Å². The summed E-state index contributed by atoms with van der Waals surface area (Å²) in [4.78, 5) is 10.2. The van der Waals surface area contributed by atoms with Gasteiger partial charge in [-0.1, -0.05) is 20.3 Å². The third-order valence-electron chi connectivity index (χ3n) is 1.54. The second-order valence-corrected chi connectivity index (χ2v) is 2.37. The van der Waals surface area contributed by atoms with Crippen molar-refractivity contribution in [2.75, 3.05) is 0 Å². The van der Waals surface area contributed by atoms with Crippen molar-refractivity contribution >= 4 is 13.7 Å². The van der Waals surface area contributed by atoms with Crippen LogP contribution in [-0.4, -0.2) is 34.9 Å². The molecule has 0 rings (SSSR count). The molecule has 5 nitrogen and oxygen atoms in total. The predicted octanol–water partition coefficient (Wildman–Crippen LogP) is -1.05. The van der Waals surface area contributed by atoms with Gasteiger partial charge in [-0.05, 0) is 5.92 Å². The molecule has 0 aliphatic heterocycles. The fourth-order valence-electron chi connectivity index (χ4n) is 0.497. The van der Waals surface area contributed by atoms with Crippen molar-refractivity contribution < 1.29 is 19.9 Å². The van der Waals surface area contributed by atoms with Crippen LogP contribution in [0.5, 0.6) is 0 Å². The molecule has 0 heterocycles. The summed E-state index contributed by atoms with van der Waals surface area (Å²) in [5.41, 5.74) is 5.27. The summed E-state index contributed by atoms with van der Waals surface area (Å²) in [6, 6.07) is -0.699. The summed E-state index contributed by atoms with van der Waals surface area (Å²) in [5.74, 6) is -0.841. The van der Waals surface area contributed by atoms with Gasteiger partial charge in [0.25, 0.3) is 0 Å². The zero-order valence-electron chi connectivity index (χ0n) is 7.27. The molecule has 0 saturated heterocycles. The molecule has 0 fully saturated rings. The van der Waals surface area contributed by atoms with Crippen molar-refractivity contribution in [1.29, 1.82) is 0 Å². The highest BCUT2D eigenvalue weighted by Crippen LogP contribution is 2.04. The van der Waals surface area contributed by atoms with E-state index in [0.29, 0.717) is 0 Å². The van der Waals surface area contributed by atoms with Crippen LogP contribution in [0.2, 0.25) is 0 Å². The second-order valence-electron chi connectivity index (χ2n) is 2.37. The maximum absolute atomic E-state index is 10.2. The molecule has 5 N–H and O–H groups in total. The molecule has 0 aromatic rings. The first-order valence-electron chi connectivity index (χ1n) is 3.59. The van der Waals surface area contributed by atoms with Gasteiger partial charge in [-0.2, -0.15) is 0 Å². The van der Waals surface area contributed by atoms with Crippen molar-refractivity contribution in [1.82, 2.24) is 0 Å². The molecule has 0 saturated carbocycles. The van der Waals surface area contributed by atoms with E-state index >= 15 is 0 Å². The van der Waals surface area contributed by atoms with Gasteiger partial charge in [0.15, 0.2) is 0 Å². The van der Waals surface area contributed by atoms with E-state index in [9.17, 15) is 4.79 Å². The van der Waals surface area contributed by atoms with Crippen molar-refractivity contribution in [3.63, 3.8) is 0 Å². The van der Waals surface area contributed by atoms with Crippen LogP contribution in [0.4, 0.5) is 0 Å². The van der Waals surface area contributed by atoms with Gasteiger partial charge >= 0.3 is 13.7 Å². The highest BCUT2D eigenvalue weighted by atomic mass is 16.4. The number of rotatable bonds is 3. The Balaban J connectivity index is 0. The fourth-order valence-corrected chi connectivity index (χ4v) is 0.497. The second kappa shape index (κ2) is 8.51. The smallest absolute Gasteiger partial charge is 0.480 e. The van der Waals surface area contributed by atoms with Gasteiger partial charge in [0.1, 0.15) is 6.04 Å². The molecular weight excluding hydrogens is 161 g/mol. The van der Waals surface area contributed by atoms with Gasteiger partial charge < -0.3 is 20.9 Å². The van der Waals surface area contributed by atoms with Crippen LogP contribution >= 0.6 is 0 Å². The third-order valence-corrected chi connectivity index (χ3v) is 1.54. The van der Waals surface area contributed by atoms with E-state index in [4.69, 9.17) is 20.9 Å². The molecule has 0 amide bonds. The van der Waals surface area contributed by atoms with Crippen LogP contribution in [-0.2, 0) is 4.79 Å². The Morgan fingerprint density at radius 3 is 2.00 bits per heavy atom. The predicted molar refractivity (Wildman–Crippen MR) is 45.3 cm³/mol. The van der Waals surface area contributed by atoms with Gasteiger partial charge in [0, 0.05) is 0 Å². The average molecular weight is 176 g/mol. The van der Waals surface area contributed by atoms with Crippen LogP contribution in [0, 0.1) is 5.92 Å². The topological polar surface area (TPSA) is 104 Å². The van der Waals surface area contributed by atoms with Crippen LogP contribution in [0.25, 0.3) is 0 Å². The summed E-state index contributed by atoms with van der Waals surface area (Å²) in [5, 5.41) is 22.4. The molecule has 2 unspecified atom stereocenters. The highest BCUT2D eigenvalue weighted by molar-refractivity contribution is 6.13. The lowest BCUT2D eigenvalue weighted by atomic mass is 10.0. The first kappa shape index (κ1) is 14.0. The molecule has 1 radical (unpaired) electrons. The minimum absolute atomic E-state index is 0. The monoisotopic (exact) mass is 176 g/mol. The van der Waals surface area contributed by atoms with Crippen LogP contribution in [0.1, 0.15) is 20.3 Å². The molecule has 0 bridgehead atoms. The molecule has 0 aromatic carbocycles. The average Bonchev–Trinajstić information content (AvgIpc) is 2.03. The minimum atomic E-state index is -0.913. The highest BCUT2D eigenvalue weighted by Gasteiger charge is 2.17. The Hall–Kier alpha value is -0.585. The number of aliphatic carboxylic acids is 1. The largest absolute Gasteiger partial charge is 0.482 e. The SMILES string of the molecule is CCC(C)C(N)C(=O)O.O[B]O. The van der Waals surface area contributed by atoms with Crippen molar-refractivity contribution in [3.05, 3.63) is 0 Å². The maximum Gasteiger partial charge on any atom is 0.482 e. The van der Waals surface area contributed by atoms with Crippen LogP contribution < -0.4 is 5.73 Å². The minimum Gasteiger partial charge on any atom is -0.480 e. The lowest BCUT2D eigenvalue weighted by Gasteiger charge is -2.11. The molecule has 2 atom stereocenters. The van der Waals surface area contributed by atoms with Gasteiger partial charge in [0.2, 0.25) is 0 Å². The van der Waals surface area contributed by atoms with Gasteiger partial charge in [-0.3, -0.25) is 4.79 Å². The summed E-state index contributed by atoms with van der Waals surface area (Å²) < 4.78 is 0. The van der Waals surface area contributed by atoms with Gasteiger partial charge in [-0.15, -0.1) is 0 Å². The number of carbonyl (C=O) groups is 1. The summed E-state index contributed by atoms with van der Waals surface area (Å²) in [6.45, 7) is 3.76. The molecule has 0 aliphatic rings. The molecule has 0 aliphatic carbocycles. The van der Waals surface area contributed by atoms with Crippen molar-refractivity contribution in [3.8, 4) is 0 Å².